The smallest absolute Gasteiger partial charge is 0.249 e. The fourth-order valence-electron chi connectivity index (χ4n) is 2.18. The van der Waals surface area contributed by atoms with Crippen LogP contribution in [0.2, 0.25) is 0 Å². The van der Waals surface area contributed by atoms with Gasteiger partial charge in [0.25, 0.3) is 0 Å². The molecule has 0 unspecified atom stereocenters. The van der Waals surface area contributed by atoms with Crippen LogP contribution in [0.25, 0.3) is 6.08 Å². The van der Waals surface area contributed by atoms with Gasteiger partial charge in [0.15, 0.2) is 0 Å². The van der Waals surface area contributed by atoms with E-state index in [9.17, 15) is 4.79 Å². The Labute approximate surface area is 124 Å². The maximum absolute atomic E-state index is 12.5. The second-order valence-corrected chi connectivity index (χ2v) is 6.20. The van der Waals surface area contributed by atoms with Crippen LogP contribution >= 0.6 is 15.9 Å². The van der Waals surface area contributed by atoms with Crippen molar-refractivity contribution in [2.45, 2.75) is 46.7 Å². The Kier molecular flexibility index (Phi) is 5.80. The quantitative estimate of drug-likeness (QED) is 0.747. The molecule has 0 saturated heterocycles. The lowest BCUT2D eigenvalue weighted by atomic mass is 10.1. The first-order chi connectivity index (χ1) is 8.82. The van der Waals surface area contributed by atoms with E-state index in [2.05, 4.69) is 15.9 Å². The van der Waals surface area contributed by atoms with Gasteiger partial charge in [0, 0.05) is 22.1 Å². The molecule has 0 saturated carbocycles. The van der Waals surface area contributed by atoms with E-state index >= 15 is 0 Å². The number of amides is 1. The van der Waals surface area contributed by atoms with Crippen molar-refractivity contribution in [1.82, 2.24) is 4.90 Å². The Morgan fingerprint density at radius 3 is 2.26 bits per heavy atom. The Morgan fingerprint density at radius 1 is 1.21 bits per heavy atom. The van der Waals surface area contributed by atoms with Crippen LogP contribution in [0.3, 0.4) is 0 Å². The predicted molar refractivity (Wildman–Crippen MR) is 84.9 cm³/mol. The lowest BCUT2D eigenvalue weighted by molar-refractivity contribution is -0.130. The van der Waals surface area contributed by atoms with Gasteiger partial charge in [0.1, 0.15) is 0 Å². The molecule has 0 N–H and O–H groups in total. The van der Waals surface area contributed by atoms with Gasteiger partial charge in [-0.3, -0.25) is 4.79 Å². The van der Waals surface area contributed by atoms with Gasteiger partial charge in [0.2, 0.25) is 5.91 Å². The number of hydrogen-bond donors (Lipinski definition) is 0. The summed E-state index contributed by atoms with van der Waals surface area (Å²) in [6, 6.07) is 8.36. The van der Waals surface area contributed by atoms with Crippen LogP contribution < -0.4 is 0 Å². The summed E-state index contributed by atoms with van der Waals surface area (Å²) in [5.41, 5.74) is 1.80. The summed E-state index contributed by atoms with van der Waals surface area (Å²) in [6.45, 7) is 10.1. The van der Waals surface area contributed by atoms with E-state index in [0.29, 0.717) is 0 Å². The summed E-state index contributed by atoms with van der Waals surface area (Å²) >= 11 is 3.44. The zero-order valence-corrected chi connectivity index (χ0v) is 13.9. The van der Waals surface area contributed by atoms with Gasteiger partial charge in [-0.2, -0.15) is 0 Å². The first-order valence-corrected chi connectivity index (χ1v) is 7.38. The zero-order chi connectivity index (χ0) is 14.6. The van der Waals surface area contributed by atoms with Crippen molar-refractivity contribution in [1.29, 1.82) is 0 Å². The fraction of sp³-hybridized carbons (Fsp3) is 0.438. The topological polar surface area (TPSA) is 20.3 Å². The van der Waals surface area contributed by atoms with Crippen LogP contribution in [0, 0.1) is 0 Å². The van der Waals surface area contributed by atoms with Crippen LogP contribution in [-0.4, -0.2) is 22.9 Å². The van der Waals surface area contributed by atoms with Gasteiger partial charge in [-0.25, -0.2) is 0 Å². The first-order valence-electron chi connectivity index (χ1n) is 6.59. The van der Waals surface area contributed by atoms with Gasteiger partial charge < -0.3 is 4.90 Å². The summed E-state index contributed by atoms with van der Waals surface area (Å²) in [7, 11) is 0. The molecule has 0 aliphatic heterocycles. The highest BCUT2D eigenvalue weighted by atomic mass is 79.9. The zero-order valence-electron chi connectivity index (χ0n) is 12.3. The van der Waals surface area contributed by atoms with Crippen LogP contribution in [0.15, 0.2) is 34.3 Å². The van der Waals surface area contributed by atoms with Crippen LogP contribution in [0.5, 0.6) is 0 Å². The summed E-state index contributed by atoms with van der Waals surface area (Å²) in [5.74, 6) is 0.102. The van der Waals surface area contributed by atoms with Gasteiger partial charge in [-0.05, 0) is 58.4 Å². The van der Waals surface area contributed by atoms with Crippen LogP contribution in [-0.2, 0) is 4.79 Å². The highest BCUT2D eigenvalue weighted by Crippen LogP contribution is 2.17. The summed E-state index contributed by atoms with van der Waals surface area (Å²) in [6.07, 6.45) is 1.94. The third-order valence-corrected chi connectivity index (χ3v) is 3.41. The molecule has 104 valence electrons. The lowest BCUT2D eigenvalue weighted by Gasteiger charge is -2.31. The van der Waals surface area contributed by atoms with E-state index in [1.165, 1.54) is 0 Å². The highest BCUT2D eigenvalue weighted by Gasteiger charge is 2.20. The van der Waals surface area contributed by atoms with Crippen molar-refractivity contribution in [3.05, 3.63) is 39.9 Å². The lowest BCUT2D eigenvalue weighted by Crippen LogP contribution is -2.42. The number of carbonyl (C=O) groups is 1. The Hall–Kier alpha value is -1.09. The molecule has 0 fully saturated rings. The largest absolute Gasteiger partial charge is 0.334 e. The first kappa shape index (κ1) is 16.0. The fourth-order valence-corrected chi connectivity index (χ4v) is 2.59. The van der Waals surface area contributed by atoms with E-state index in [1.54, 1.807) is 0 Å². The average molecular weight is 324 g/mol. The molecule has 0 aliphatic rings. The van der Waals surface area contributed by atoms with E-state index in [-0.39, 0.29) is 18.0 Å². The van der Waals surface area contributed by atoms with Crippen molar-refractivity contribution >= 4 is 27.9 Å². The molecule has 0 radical (unpaired) electrons. The van der Waals surface area contributed by atoms with E-state index in [1.807, 2.05) is 69.9 Å². The van der Waals surface area contributed by atoms with Crippen molar-refractivity contribution in [3.63, 3.8) is 0 Å². The number of carbonyl (C=O) groups excluding carboxylic acids is 1. The normalized spacial score (nSPS) is 12.1. The van der Waals surface area contributed by atoms with Gasteiger partial charge >= 0.3 is 0 Å². The molecule has 1 aromatic carbocycles. The van der Waals surface area contributed by atoms with E-state index in [0.717, 1.165) is 15.6 Å². The van der Waals surface area contributed by atoms with Gasteiger partial charge in [-0.15, -0.1) is 0 Å². The van der Waals surface area contributed by atoms with Crippen LogP contribution in [0.4, 0.5) is 0 Å². The minimum absolute atomic E-state index is 0.102. The summed E-state index contributed by atoms with van der Waals surface area (Å²) in [5, 5.41) is 0. The van der Waals surface area contributed by atoms with Gasteiger partial charge in [-0.1, -0.05) is 28.1 Å². The third kappa shape index (κ3) is 4.50. The maximum Gasteiger partial charge on any atom is 0.249 e. The predicted octanol–water partition coefficient (Wildman–Crippen LogP) is 4.50. The molecule has 3 heteroatoms. The molecule has 1 aromatic rings. The number of hydrogen-bond acceptors (Lipinski definition) is 1. The Morgan fingerprint density at radius 2 is 1.79 bits per heavy atom. The molecule has 0 aromatic heterocycles. The molecular formula is C16H22BrNO. The van der Waals surface area contributed by atoms with Crippen molar-refractivity contribution < 1.29 is 4.79 Å². The molecule has 0 atom stereocenters. The monoisotopic (exact) mass is 323 g/mol. The number of nitrogens with zero attached hydrogens (tertiary/aromatic N) is 1. The molecule has 2 nitrogen and oxygen atoms in total. The standard InChI is InChI=1S/C16H22BrNO/c1-11(2)18(12(3)4)16(19)13(5)9-14-7-6-8-15(17)10-14/h6-12H,1-5H3/b13-9-. The number of rotatable bonds is 4. The average Bonchev–Trinajstić information content (AvgIpc) is 2.27. The van der Waals surface area contributed by atoms with Crippen molar-refractivity contribution in [3.8, 4) is 0 Å². The number of halogens is 1. The molecular weight excluding hydrogens is 302 g/mol. The number of benzene rings is 1. The van der Waals surface area contributed by atoms with Crippen LogP contribution in [0.1, 0.15) is 40.2 Å². The molecule has 1 rings (SSSR count). The highest BCUT2D eigenvalue weighted by molar-refractivity contribution is 9.10. The molecule has 0 bridgehead atoms. The van der Waals surface area contributed by atoms with E-state index < -0.39 is 0 Å². The summed E-state index contributed by atoms with van der Waals surface area (Å²) in [4.78, 5) is 14.4. The molecule has 1 amide bonds. The molecule has 19 heavy (non-hydrogen) atoms. The minimum atomic E-state index is 0.102. The molecule has 0 heterocycles. The van der Waals surface area contributed by atoms with Crippen molar-refractivity contribution in [2.75, 3.05) is 0 Å². The Bertz CT molecular complexity index is 469. The van der Waals surface area contributed by atoms with Gasteiger partial charge in [0.05, 0.1) is 0 Å². The Balaban J connectivity index is 2.98. The molecule has 0 aliphatic carbocycles. The molecule has 0 spiro atoms. The maximum atomic E-state index is 12.5. The summed E-state index contributed by atoms with van der Waals surface area (Å²) < 4.78 is 1.02. The van der Waals surface area contributed by atoms with E-state index in [4.69, 9.17) is 0 Å². The van der Waals surface area contributed by atoms with Crippen molar-refractivity contribution in [2.24, 2.45) is 0 Å². The SMILES string of the molecule is C/C(=C/c1cccc(Br)c1)C(=O)N(C(C)C)C(C)C. The third-order valence-electron chi connectivity index (χ3n) is 2.92. The minimum Gasteiger partial charge on any atom is -0.334 e. The second-order valence-electron chi connectivity index (χ2n) is 5.28. The second kappa shape index (κ2) is 6.90.